The molecule has 2 heterocycles. The third-order valence-electron chi connectivity index (χ3n) is 5.02. The van der Waals surface area contributed by atoms with Crippen LogP contribution in [0, 0.1) is 0 Å². The Balaban J connectivity index is 1.38. The maximum Gasteiger partial charge on any atom is 0.339 e. The molecule has 2 aromatic heterocycles. The number of anilines is 1. The van der Waals surface area contributed by atoms with Crippen molar-refractivity contribution in [3.8, 4) is 11.4 Å². The first-order valence-corrected chi connectivity index (χ1v) is 11.9. The molecule has 0 bridgehead atoms. The van der Waals surface area contributed by atoms with Crippen molar-refractivity contribution in [2.24, 2.45) is 0 Å². The Morgan fingerprint density at radius 3 is 2.56 bits per heavy atom. The Hall–Kier alpha value is -4.05. The standard InChI is InChI=1S/C24H22N4O5S/c1-28(19-10-3-2-4-11-19)34(30,31)21-13-6-5-12-20(21)24(29)32-16-8-14-22-26-23(27-33-22)18-9-7-15-25-17-18/h2-7,9-13,15,17H,8,14,16H2,1H3. The van der Waals surface area contributed by atoms with Crippen molar-refractivity contribution in [2.45, 2.75) is 17.7 Å². The molecule has 0 aliphatic carbocycles. The summed E-state index contributed by atoms with van der Waals surface area (Å²) in [5.74, 6) is 0.117. The maximum atomic E-state index is 13.2. The molecule has 4 rings (SSSR count). The van der Waals surface area contributed by atoms with Crippen LogP contribution in [0.1, 0.15) is 22.7 Å². The third kappa shape index (κ3) is 5.12. The normalized spacial score (nSPS) is 11.2. The van der Waals surface area contributed by atoms with E-state index in [0.29, 0.717) is 30.2 Å². The molecule has 0 fully saturated rings. The quantitative estimate of drug-likeness (QED) is 0.264. The fraction of sp³-hybridized carbons (Fsp3) is 0.167. The lowest BCUT2D eigenvalue weighted by Crippen LogP contribution is -2.28. The number of nitrogens with zero attached hydrogens (tertiary/aromatic N) is 4. The summed E-state index contributed by atoms with van der Waals surface area (Å²) in [7, 11) is -2.53. The number of para-hydroxylation sites is 1. The molecular weight excluding hydrogens is 456 g/mol. The molecule has 9 nitrogen and oxygen atoms in total. The second-order valence-electron chi connectivity index (χ2n) is 7.30. The Bertz CT molecular complexity index is 1360. The average molecular weight is 479 g/mol. The van der Waals surface area contributed by atoms with Crippen molar-refractivity contribution in [1.29, 1.82) is 0 Å². The van der Waals surface area contributed by atoms with Crippen molar-refractivity contribution in [3.63, 3.8) is 0 Å². The predicted octanol–water partition coefficient (Wildman–Crippen LogP) is 3.75. The highest BCUT2D eigenvalue weighted by Gasteiger charge is 2.27. The zero-order valence-electron chi connectivity index (χ0n) is 18.4. The van der Waals surface area contributed by atoms with E-state index in [1.807, 2.05) is 6.07 Å². The zero-order valence-corrected chi connectivity index (χ0v) is 19.2. The van der Waals surface area contributed by atoms with Crippen LogP contribution in [0.15, 0.2) is 88.5 Å². The van der Waals surface area contributed by atoms with Gasteiger partial charge in [0.1, 0.15) is 4.90 Å². The number of benzene rings is 2. The van der Waals surface area contributed by atoms with E-state index in [9.17, 15) is 13.2 Å². The zero-order chi connectivity index (χ0) is 24.0. The lowest BCUT2D eigenvalue weighted by Gasteiger charge is -2.20. The first kappa shape index (κ1) is 23.1. The van der Waals surface area contributed by atoms with Crippen molar-refractivity contribution in [1.82, 2.24) is 15.1 Å². The van der Waals surface area contributed by atoms with E-state index in [1.54, 1.807) is 60.9 Å². The van der Waals surface area contributed by atoms with Crippen molar-refractivity contribution >= 4 is 21.7 Å². The van der Waals surface area contributed by atoms with Crippen LogP contribution in [0.2, 0.25) is 0 Å². The Kier molecular flexibility index (Phi) is 6.98. The second kappa shape index (κ2) is 10.3. The van der Waals surface area contributed by atoms with Crippen LogP contribution in [0.4, 0.5) is 5.69 Å². The summed E-state index contributed by atoms with van der Waals surface area (Å²) in [5, 5.41) is 3.92. The summed E-state index contributed by atoms with van der Waals surface area (Å²) in [5.41, 5.74) is 1.19. The van der Waals surface area contributed by atoms with Gasteiger partial charge < -0.3 is 9.26 Å². The molecule has 4 aromatic rings. The number of carbonyl (C=O) groups excluding carboxylic acids is 1. The molecule has 10 heteroatoms. The van der Waals surface area contributed by atoms with Gasteiger partial charge in [0.05, 0.1) is 17.9 Å². The molecule has 0 atom stereocenters. The minimum Gasteiger partial charge on any atom is -0.462 e. The molecule has 0 amide bonds. The highest BCUT2D eigenvalue weighted by Crippen LogP contribution is 2.25. The molecule has 34 heavy (non-hydrogen) atoms. The monoisotopic (exact) mass is 478 g/mol. The van der Waals surface area contributed by atoms with E-state index in [4.69, 9.17) is 9.26 Å². The van der Waals surface area contributed by atoms with E-state index in [1.165, 1.54) is 19.2 Å². The van der Waals surface area contributed by atoms with E-state index in [2.05, 4.69) is 15.1 Å². The number of pyridine rings is 1. The topological polar surface area (TPSA) is 115 Å². The second-order valence-corrected chi connectivity index (χ2v) is 9.23. The first-order chi connectivity index (χ1) is 16.5. The Morgan fingerprint density at radius 2 is 1.79 bits per heavy atom. The van der Waals surface area contributed by atoms with Crippen molar-refractivity contribution in [3.05, 3.63) is 90.6 Å². The number of sulfonamides is 1. The van der Waals surface area contributed by atoms with Gasteiger partial charge in [0, 0.05) is 31.4 Å². The van der Waals surface area contributed by atoms with Gasteiger partial charge in [-0.2, -0.15) is 4.98 Å². The number of aromatic nitrogens is 3. The minimum absolute atomic E-state index is 0.0260. The van der Waals surface area contributed by atoms with Crippen molar-refractivity contribution < 1.29 is 22.5 Å². The summed E-state index contributed by atoms with van der Waals surface area (Å²) in [6, 6.07) is 18.2. The van der Waals surface area contributed by atoms with E-state index in [-0.39, 0.29) is 17.1 Å². The summed E-state index contributed by atoms with van der Waals surface area (Å²) in [6.45, 7) is 0.0619. The SMILES string of the molecule is CN(c1ccccc1)S(=O)(=O)c1ccccc1C(=O)OCCCc1nc(-c2cccnc2)no1. The Morgan fingerprint density at radius 1 is 1.03 bits per heavy atom. The molecule has 0 radical (unpaired) electrons. The molecule has 0 spiro atoms. The van der Waals surface area contributed by atoms with Crippen LogP contribution in [0.3, 0.4) is 0 Å². The fourth-order valence-corrected chi connectivity index (χ4v) is 4.59. The molecule has 0 unspecified atom stereocenters. The minimum atomic E-state index is -3.97. The average Bonchev–Trinajstić information content (AvgIpc) is 3.36. The molecule has 0 saturated carbocycles. The van der Waals surface area contributed by atoms with Gasteiger partial charge in [0.25, 0.3) is 10.0 Å². The Labute approximate surface area is 197 Å². The van der Waals surface area contributed by atoms with Crippen LogP contribution in [0.5, 0.6) is 0 Å². The van der Waals surface area contributed by atoms with Gasteiger partial charge in [-0.1, -0.05) is 35.5 Å². The number of esters is 1. The predicted molar refractivity (Wildman–Crippen MR) is 125 cm³/mol. The van der Waals surface area contributed by atoms with Gasteiger partial charge in [0.15, 0.2) is 0 Å². The highest BCUT2D eigenvalue weighted by atomic mass is 32.2. The molecule has 0 aliphatic heterocycles. The molecule has 0 aliphatic rings. The van der Waals surface area contributed by atoms with E-state index < -0.39 is 16.0 Å². The third-order valence-corrected chi connectivity index (χ3v) is 6.86. The maximum absolute atomic E-state index is 13.2. The van der Waals surface area contributed by atoms with Gasteiger partial charge >= 0.3 is 5.97 Å². The lowest BCUT2D eigenvalue weighted by molar-refractivity contribution is 0.0494. The number of aryl methyl sites for hydroxylation is 1. The molecular formula is C24H22N4O5S. The van der Waals surface area contributed by atoms with Gasteiger partial charge in [-0.15, -0.1) is 0 Å². The van der Waals surface area contributed by atoms with Crippen molar-refractivity contribution in [2.75, 3.05) is 18.0 Å². The van der Waals surface area contributed by atoms with Crippen LogP contribution >= 0.6 is 0 Å². The summed E-state index contributed by atoms with van der Waals surface area (Å²) < 4.78 is 38.1. The summed E-state index contributed by atoms with van der Waals surface area (Å²) >= 11 is 0. The lowest BCUT2D eigenvalue weighted by atomic mass is 10.2. The fourth-order valence-electron chi connectivity index (χ4n) is 3.22. The molecule has 2 aromatic carbocycles. The molecule has 0 N–H and O–H groups in total. The molecule has 174 valence electrons. The van der Waals surface area contributed by atoms with E-state index >= 15 is 0 Å². The van der Waals surface area contributed by atoms with E-state index in [0.717, 1.165) is 9.87 Å². The van der Waals surface area contributed by atoms with Crippen LogP contribution in [0.25, 0.3) is 11.4 Å². The van der Waals surface area contributed by atoms with Crippen LogP contribution in [-0.2, 0) is 21.2 Å². The van der Waals surface area contributed by atoms with Crippen LogP contribution in [-0.4, -0.2) is 43.2 Å². The smallest absolute Gasteiger partial charge is 0.339 e. The van der Waals surface area contributed by atoms with Gasteiger partial charge in [0.2, 0.25) is 11.7 Å². The first-order valence-electron chi connectivity index (χ1n) is 10.5. The number of carbonyl (C=O) groups is 1. The van der Waals surface area contributed by atoms with Gasteiger partial charge in [-0.25, -0.2) is 13.2 Å². The number of hydrogen-bond donors (Lipinski definition) is 0. The number of hydrogen-bond acceptors (Lipinski definition) is 8. The van der Waals surface area contributed by atoms with Crippen LogP contribution < -0.4 is 4.31 Å². The summed E-state index contributed by atoms with van der Waals surface area (Å²) in [4.78, 5) is 20.9. The number of rotatable bonds is 9. The van der Waals surface area contributed by atoms with Gasteiger partial charge in [-0.05, 0) is 42.8 Å². The van der Waals surface area contributed by atoms with Gasteiger partial charge in [-0.3, -0.25) is 9.29 Å². The highest BCUT2D eigenvalue weighted by molar-refractivity contribution is 7.92. The number of ether oxygens (including phenoxy) is 1. The molecule has 0 saturated heterocycles. The largest absolute Gasteiger partial charge is 0.462 e. The summed E-state index contributed by atoms with van der Waals surface area (Å²) in [6.07, 6.45) is 4.12.